The maximum atomic E-state index is 11.7. The molecule has 1 aliphatic heterocycles. The predicted molar refractivity (Wildman–Crippen MR) is 65.2 cm³/mol. The van der Waals surface area contributed by atoms with Crippen LogP contribution in [0, 0.1) is 0 Å². The molecule has 0 radical (unpaired) electrons. The molecular formula is C13H17NO4. The fraction of sp³-hybridized carbons (Fsp3) is 0.462. The summed E-state index contributed by atoms with van der Waals surface area (Å²) >= 11 is 0. The van der Waals surface area contributed by atoms with Crippen molar-refractivity contribution in [3.63, 3.8) is 0 Å². The second kappa shape index (κ2) is 5.84. The van der Waals surface area contributed by atoms with Crippen LogP contribution in [0.3, 0.4) is 0 Å². The summed E-state index contributed by atoms with van der Waals surface area (Å²) in [5.74, 6) is 0.452. The van der Waals surface area contributed by atoms with E-state index in [1.165, 1.54) is 0 Å². The van der Waals surface area contributed by atoms with E-state index in [1.54, 1.807) is 7.11 Å². The molecule has 18 heavy (non-hydrogen) atoms. The van der Waals surface area contributed by atoms with Crippen LogP contribution >= 0.6 is 0 Å². The number of β-amino-alcohol motifs (C(OH)–C–C–N with tert-alkyl or cyclic N) is 1. The molecule has 1 heterocycles. The highest BCUT2D eigenvalue weighted by molar-refractivity contribution is 5.76. The van der Waals surface area contributed by atoms with Gasteiger partial charge in [-0.15, -0.1) is 0 Å². The zero-order valence-corrected chi connectivity index (χ0v) is 10.3. The Hall–Kier alpha value is -1.59. The van der Waals surface area contributed by atoms with Crippen molar-refractivity contribution < 1.29 is 19.4 Å². The summed E-state index contributed by atoms with van der Waals surface area (Å²) in [5.41, 5.74) is 0.905. The lowest BCUT2D eigenvalue weighted by atomic mass is 10.2. The summed E-state index contributed by atoms with van der Waals surface area (Å²) in [6.07, 6.45) is -0.0370. The van der Waals surface area contributed by atoms with Crippen LogP contribution in [0.4, 0.5) is 0 Å². The van der Waals surface area contributed by atoms with E-state index in [9.17, 15) is 9.90 Å². The third kappa shape index (κ3) is 3.21. The van der Waals surface area contributed by atoms with Gasteiger partial charge in [-0.3, -0.25) is 4.79 Å². The number of esters is 1. The van der Waals surface area contributed by atoms with Crippen molar-refractivity contribution in [3.05, 3.63) is 29.8 Å². The zero-order valence-electron chi connectivity index (χ0n) is 10.3. The fourth-order valence-corrected chi connectivity index (χ4v) is 1.87. The maximum absolute atomic E-state index is 11.7. The minimum Gasteiger partial charge on any atom is -0.497 e. The molecule has 2 N–H and O–H groups in total. The van der Waals surface area contributed by atoms with Gasteiger partial charge in [0, 0.05) is 13.0 Å². The molecule has 0 bridgehead atoms. The van der Waals surface area contributed by atoms with Crippen molar-refractivity contribution in [3.8, 4) is 5.75 Å². The number of aliphatic hydroxyl groups excluding tert-OH is 1. The molecule has 0 unspecified atom stereocenters. The molecule has 1 aromatic carbocycles. The molecule has 0 saturated carbocycles. The Kier molecular flexibility index (Phi) is 4.17. The van der Waals surface area contributed by atoms with Crippen molar-refractivity contribution >= 4 is 5.97 Å². The Morgan fingerprint density at radius 2 is 2.17 bits per heavy atom. The van der Waals surface area contributed by atoms with Crippen molar-refractivity contribution in [1.82, 2.24) is 5.32 Å². The lowest BCUT2D eigenvalue weighted by molar-refractivity contribution is -0.147. The molecule has 1 aromatic rings. The number of carbonyl (C=O) groups excluding carboxylic acids is 1. The van der Waals surface area contributed by atoms with Crippen LogP contribution in [-0.2, 0) is 16.1 Å². The molecule has 0 aromatic heterocycles. The quantitative estimate of drug-likeness (QED) is 0.761. The van der Waals surface area contributed by atoms with Crippen molar-refractivity contribution in [1.29, 1.82) is 0 Å². The zero-order chi connectivity index (χ0) is 13.0. The highest BCUT2D eigenvalue weighted by Gasteiger charge is 2.29. The van der Waals surface area contributed by atoms with Gasteiger partial charge in [0.15, 0.2) is 0 Å². The average Bonchev–Trinajstić information content (AvgIpc) is 2.83. The van der Waals surface area contributed by atoms with Crippen LogP contribution in [-0.4, -0.2) is 36.9 Å². The summed E-state index contributed by atoms with van der Waals surface area (Å²) in [7, 11) is 1.60. The van der Waals surface area contributed by atoms with Gasteiger partial charge in [-0.2, -0.15) is 0 Å². The molecular weight excluding hydrogens is 234 g/mol. The molecule has 1 aliphatic rings. The van der Waals surface area contributed by atoms with Gasteiger partial charge < -0.3 is 19.9 Å². The van der Waals surface area contributed by atoms with E-state index in [2.05, 4.69) is 5.32 Å². The van der Waals surface area contributed by atoms with Gasteiger partial charge in [0.2, 0.25) is 0 Å². The van der Waals surface area contributed by atoms with E-state index in [4.69, 9.17) is 9.47 Å². The number of carbonyl (C=O) groups is 1. The third-order valence-electron chi connectivity index (χ3n) is 2.93. The number of rotatable bonds is 4. The number of ether oxygens (including phenoxy) is 2. The largest absolute Gasteiger partial charge is 0.497 e. The first kappa shape index (κ1) is 12.9. The van der Waals surface area contributed by atoms with E-state index in [1.807, 2.05) is 24.3 Å². The summed E-state index contributed by atoms with van der Waals surface area (Å²) in [6.45, 7) is 0.680. The molecule has 2 atom stereocenters. The Bertz CT molecular complexity index is 404. The standard InChI is InChI=1S/C13H17NO4/c1-17-11-4-2-9(3-5-11)8-18-13(16)12-6-10(15)7-14-12/h2-5,10,12,14-15H,6-8H2,1H3/t10-,12-/m0/s1. The summed E-state index contributed by atoms with van der Waals surface area (Å²) in [4.78, 5) is 11.7. The van der Waals surface area contributed by atoms with Crippen LogP contribution in [0.15, 0.2) is 24.3 Å². The van der Waals surface area contributed by atoms with E-state index in [0.29, 0.717) is 13.0 Å². The van der Waals surface area contributed by atoms with Crippen LogP contribution in [0.1, 0.15) is 12.0 Å². The van der Waals surface area contributed by atoms with Crippen molar-refractivity contribution in [2.45, 2.75) is 25.2 Å². The molecule has 0 amide bonds. The monoisotopic (exact) mass is 251 g/mol. The highest BCUT2D eigenvalue weighted by atomic mass is 16.5. The van der Waals surface area contributed by atoms with Crippen LogP contribution < -0.4 is 10.1 Å². The second-order valence-electron chi connectivity index (χ2n) is 4.31. The molecule has 2 rings (SSSR count). The minimum absolute atomic E-state index is 0.233. The number of aliphatic hydroxyl groups is 1. The first-order valence-corrected chi connectivity index (χ1v) is 5.90. The minimum atomic E-state index is -0.455. The highest BCUT2D eigenvalue weighted by Crippen LogP contribution is 2.13. The van der Waals surface area contributed by atoms with Crippen LogP contribution in [0.25, 0.3) is 0 Å². The van der Waals surface area contributed by atoms with Crippen molar-refractivity contribution in [2.75, 3.05) is 13.7 Å². The predicted octanol–water partition coefficient (Wildman–Crippen LogP) is 0.461. The fourth-order valence-electron chi connectivity index (χ4n) is 1.87. The molecule has 1 fully saturated rings. The number of nitrogens with one attached hydrogen (secondary N) is 1. The Labute approximate surface area is 106 Å². The normalized spacial score (nSPS) is 22.8. The van der Waals surface area contributed by atoms with E-state index in [-0.39, 0.29) is 12.6 Å². The molecule has 5 heteroatoms. The second-order valence-corrected chi connectivity index (χ2v) is 4.31. The topological polar surface area (TPSA) is 67.8 Å². The average molecular weight is 251 g/mol. The number of methoxy groups -OCH3 is 1. The molecule has 0 spiro atoms. The maximum Gasteiger partial charge on any atom is 0.323 e. The van der Waals surface area contributed by atoms with Gasteiger partial charge >= 0.3 is 5.97 Å². The van der Waals surface area contributed by atoms with Gasteiger partial charge in [0.1, 0.15) is 18.4 Å². The van der Waals surface area contributed by atoms with E-state index < -0.39 is 12.1 Å². The molecule has 5 nitrogen and oxygen atoms in total. The number of benzene rings is 1. The first-order valence-electron chi connectivity index (χ1n) is 5.90. The SMILES string of the molecule is COc1ccc(COC(=O)[C@@H]2C[C@H](O)CN2)cc1. The Morgan fingerprint density at radius 1 is 1.44 bits per heavy atom. The van der Waals surface area contributed by atoms with Crippen LogP contribution in [0.5, 0.6) is 5.75 Å². The molecule has 1 saturated heterocycles. The van der Waals surface area contributed by atoms with Gasteiger partial charge in [0.05, 0.1) is 13.2 Å². The van der Waals surface area contributed by atoms with Gasteiger partial charge in [0.25, 0.3) is 0 Å². The van der Waals surface area contributed by atoms with Crippen LogP contribution in [0.2, 0.25) is 0 Å². The third-order valence-corrected chi connectivity index (χ3v) is 2.93. The summed E-state index contributed by atoms with van der Waals surface area (Å²) < 4.78 is 10.2. The number of hydrogen-bond donors (Lipinski definition) is 2. The molecule has 0 aliphatic carbocycles. The van der Waals surface area contributed by atoms with Crippen molar-refractivity contribution in [2.24, 2.45) is 0 Å². The Morgan fingerprint density at radius 3 is 2.72 bits per heavy atom. The van der Waals surface area contributed by atoms with Gasteiger partial charge in [-0.25, -0.2) is 0 Å². The van der Waals surface area contributed by atoms with E-state index in [0.717, 1.165) is 11.3 Å². The smallest absolute Gasteiger partial charge is 0.323 e. The van der Waals surface area contributed by atoms with Gasteiger partial charge in [-0.1, -0.05) is 12.1 Å². The Balaban J connectivity index is 1.81. The summed E-state index contributed by atoms with van der Waals surface area (Å²) in [5, 5.41) is 12.2. The first-order chi connectivity index (χ1) is 8.69. The molecule has 98 valence electrons. The summed E-state index contributed by atoms with van der Waals surface area (Å²) in [6, 6.07) is 6.95. The lowest BCUT2D eigenvalue weighted by Gasteiger charge is -2.10. The lowest BCUT2D eigenvalue weighted by Crippen LogP contribution is -2.32. The van der Waals surface area contributed by atoms with Gasteiger partial charge in [-0.05, 0) is 17.7 Å². The van der Waals surface area contributed by atoms with E-state index >= 15 is 0 Å². The number of hydrogen-bond acceptors (Lipinski definition) is 5.